The van der Waals surface area contributed by atoms with E-state index in [1.807, 2.05) is 7.05 Å². The van der Waals surface area contributed by atoms with E-state index >= 15 is 0 Å². The van der Waals surface area contributed by atoms with E-state index in [0.29, 0.717) is 29.4 Å². The minimum absolute atomic E-state index is 0.0143. The lowest BCUT2D eigenvalue weighted by molar-refractivity contribution is -0.916. The number of hydrogen-bond acceptors (Lipinski definition) is 4. The van der Waals surface area contributed by atoms with Crippen LogP contribution >= 0.6 is 0 Å². The van der Waals surface area contributed by atoms with Gasteiger partial charge in [-0.3, -0.25) is 4.79 Å². The predicted molar refractivity (Wildman–Crippen MR) is 83.9 cm³/mol. The van der Waals surface area contributed by atoms with Gasteiger partial charge in [0.25, 0.3) is 5.56 Å². The van der Waals surface area contributed by atoms with Gasteiger partial charge in [-0.1, -0.05) is 12.1 Å². The van der Waals surface area contributed by atoms with E-state index in [1.54, 1.807) is 24.3 Å². The molecule has 0 radical (unpaired) electrons. The van der Waals surface area contributed by atoms with E-state index in [-0.39, 0.29) is 28.9 Å². The first kappa shape index (κ1) is 15.1. The van der Waals surface area contributed by atoms with E-state index in [9.17, 15) is 18.3 Å². The summed E-state index contributed by atoms with van der Waals surface area (Å²) >= 11 is 0. The third-order valence-corrected chi connectivity index (χ3v) is 6.14. The molecule has 2 atom stereocenters. The van der Waals surface area contributed by atoms with Gasteiger partial charge in [0.05, 0.1) is 18.3 Å². The van der Waals surface area contributed by atoms with Crippen molar-refractivity contribution in [2.75, 3.05) is 18.6 Å². The summed E-state index contributed by atoms with van der Waals surface area (Å²) < 4.78 is 23.2. The molecule has 6 nitrogen and oxygen atoms in total. The normalized spacial score (nSPS) is 22.0. The minimum Gasteiger partial charge on any atom is -0.507 e. The Morgan fingerprint density at radius 2 is 2.09 bits per heavy atom. The average Bonchev–Trinajstić information content (AvgIpc) is 2.83. The summed E-state index contributed by atoms with van der Waals surface area (Å²) in [7, 11) is -1.10. The van der Waals surface area contributed by atoms with Crippen LogP contribution < -0.4 is 10.5 Å². The molecule has 1 aliphatic heterocycles. The number of aromatic hydroxyl groups is 1. The number of fused-ring (bicyclic) bond motifs is 1. The second kappa shape index (κ2) is 5.40. The number of para-hydroxylation sites is 1. The van der Waals surface area contributed by atoms with Gasteiger partial charge in [0.2, 0.25) is 0 Å². The van der Waals surface area contributed by atoms with Crippen molar-refractivity contribution in [1.29, 1.82) is 0 Å². The molecule has 22 heavy (non-hydrogen) atoms. The first-order chi connectivity index (χ1) is 10.4. The average molecular weight is 323 g/mol. The Bertz CT molecular complexity index is 873. The van der Waals surface area contributed by atoms with Crippen LogP contribution in [0.15, 0.2) is 29.1 Å². The molecular formula is C15H19N2O4S+. The highest BCUT2D eigenvalue weighted by Gasteiger charge is 2.34. The van der Waals surface area contributed by atoms with Crippen molar-refractivity contribution in [2.24, 2.45) is 0 Å². The van der Waals surface area contributed by atoms with Crippen LogP contribution in [0.1, 0.15) is 12.0 Å². The van der Waals surface area contributed by atoms with E-state index in [1.165, 1.54) is 0 Å². The highest BCUT2D eigenvalue weighted by atomic mass is 32.2. The summed E-state index contributed by atoms with van der Waals surface area (Å²) in [5.74, 6) is 0.333. The van der Waals surface area contributed by atoms with Crippen LogP contribution in [-0.2, 0) is 16.4 Å². The van der Waals surface area contributed by atoms with E-state index in [0.717, 1.165) is 4.90 Å². The number of hydrogen-bond donors (Lipinski definition) is 3. The SMILES string of the molecule is C[NH+](Cc1c(O)c2ccccc2[nH]c1=O)[C@H]1CCS(=O)(=O)C1. The molecule has 1 aromatic heterocycles. The van der Waals surface area contributed by atoms with Crippen molar-refractivity contribution in [1.82, 2.24) is 4.98 Å². The van der Waals surface area contributed by atoms with Crippen LogP contribution in [0.2, 0.25) is 0 Å². The number of sulfone groups is 1. The second-order valence-electron chi connectivity index (χ2n) is 5.95. The van der Waals surface area contributed by atoms with Crippen LogP contribution in [0, 0.1) is 0 Å². The Morgan fingerprint density at radius 1 is 1.36 bits per heavy atom. The molecule has 3 rings (SSSR count). The maximum absolute atomic E-state index is 12.2. The molecule has 0 aliphatic carbocycles. The number of quaternary nitrogens is 1. The highest BCUT2D eigenvalue weighted by molar-refractivity contribution is 7.91. The summed E-state index contributed by atoms with van der Waals surface area (Å²) in [5.41, 5.74) is 0.576. The van der Waals surface area contributed by atoms with Gasteiger partial charge in [0.15, 0.2) is 9.84 Å². The smallest absolute Gasteiger partial charge is 0.261 e. The van der Waals surface area contributed by atoms with Crippen molar-refractivity contribution in [3.8, 4) is 5.75 Å². The molecule has 2 aromatic rings. The first-order valence-electron chi connectivity index (χ1n) is 7.23. The van der Waals surface area contributed by atoms with Gasteiger partial charge < -0.3 is 15.0 Å². The van der Waals surface area contributed by atoms with Crippen molar-refractivity contribution in [3.05, 3.63) is 40.2 Å². The summed E-state index contributed by atoms with van der Waals surface area (Å²) in [5, 5.41) is 11.0. The summed E-state index contributed by atoms with van der Waals surface area (Å²) in [6.45, 7) is 0.298. The molecule has 2 heterocycles. The third kappa shape index (κ3) is 2.74. The number of rotatable bonds is 3. The molecule has 0 amide bonds. The molecule has 7 heteroatoms. The summed E-state index contributed by atoms with van der Waals surface area (Å²) in [4.78, 5) is 15.9. The molecule has 0 bridgehead atoms. The number of H-pyrrole nitrogens is 1. The Morgan fingerprint density at radius 3 is 2.77 bits per heavy atom. The molecule has 118 valence electrons. The second-order valence-corrected chi connectivity index (χ2v) is 8.18. The van der Waals surface area contributed by atoms with Gasteiger partial charge in [-0.05, 0) is 12.1 Å². The molecule has 1 fully saturated rings. The zero-order chi connectivity index (χ0) is 15.9. The number of benzene rings is 1. The zero-order valence-electron chi connectivity index (χ0n) is 12.3. The number of nitrogens with one attached hydrogen (secondary N) is 2. The lowest BCUT2D eigenvalue weighted by atomic mass is 10.1. The molecule has 0 saturated carbocycles. The number of aromatic amines is 1. The molecule has 3 N–H and O–H groups in total. The quantitative estimate of drug-likeness (QED) is 0.706. The zero-order valence-corrected chi connectivity index (χ0v) is 13.1. The van der Waals surface area contributed by atoms with Crippen molar-refractivity contribution in [2.45, 2.75) is 19.0 Å². The Hall–Kier alpha value is -1.86. The van der Waals surface area contributed by atoms with Crippen LogP contribution in [0.3, 0.4) is 0 Å². The predicted octanol–water partition coefficient (Wildman–Crippen LogP) is -0.564. The Balaban J connectivity index is 1.92. The van der Waals surface area contributed by atoms with Crippen LogP contribution in [0.25, 0.3) is 10.9 Å². The maximum Gasteiger partial charge on any atom is 0.261 e. The van der Waals surface area contributed by atoms with Gasteiger partial charge in [0, 0.05) is 11.8 Å². The fraction of sp³-hybridized carbons (Fsp3) is 0.400. The van der Waals surface area contributed by atoms with Gasteiger partial charge >= 0.3 is 0 Å². The first-order valence-corrected chi connectivity index (χ1v) is 9.05. The summed E-state index contributed by atoms with van der Waals surface area (Å²) in [6.07, 6.45) is 0.598. The number of pyridine rings is 1. The standard InChI is InChI=1S/C15H18N2O4S/c1-17(10-6-7-22(20,21)9-10)8-12-14(18)11-4-2-3-5-13(11)16-15(12)19/h2-5,10H,6-9H2,1H3,(H2,16,18,19)/p+1/t10-/m0/s1. The van der Waals surface area contributed by atoms with Gasteiger partial charge in [-0.2, -0.15) is 0 Å². The van der Waals surface area contributed by atoms with Crippen molar-refractivity contribution in [3.63, 3.8) is 0 Å². The van der Waals surface area contributed by atoms with E-state index in [2.05, 4.69) is 4.98 Å². The number of aromatic nitrogens is 1. The van der Waals surface area contributed by atoms with Gasteiger partial charge in [-0.25, -0.2) is 8.42 Å². The van der Waals surface area contributed by atoms with Crippen molar-refractivity contribution >= 4 is 20.7 Å². The molecule has 1 aromatic carbocycles. The molecule has 1 unspecified atom stereocenters. The molecule has 1 saturated heterocycles. The lowest BCUT2D eigenvalue weighted by Gasteiger charge is -2.20. The minimum atomic E-state index is -2.96. The monoisotopic (exact) mass is 323 g/mol. The highest BCUT2D eigenvalue weighted by Crippen LogP contribution is 2.23. The van der Waals surface area contributed by atoms with E-state index < -0.39 is 9.84 Å². The van der Waals surface area contributed by atoms with E-state index in [4.69, 9.17) is 0 Å². The molecule has 0 spiro atoms. The Labute approximate surface area is 128 Å². The third-order valence-electron chi connectivity index (χ3n) is 4.38. The van der Waals surface area contributed by atoms with Crippen LogP contribution in [0.5, 0.6) is 5.75 Å². The summed E-state index contributed by atoms with van der Waals surface area (Å²) in [6, 6.07) is 7.04. The van der Waals surface area contributed by atoms with Gasteiger partial charge in [0.1, 0.15) is 29.7 Å². The largest absolute Gasteiger partial charge is 0.507 e. The van der Waals surface area contributed by atoms with Crippen molar-refractivity contribution < 1.29 is 18.4 Å². The molecular weight excluding hydrogens is 304 g/mol. The maximum atomic E-state index is 12.2. The topological polar surface area (TPSA) is 91.7 Å². The lowest BCUT2D eigenvalue weighted by Crippen LogP contribution is -3.12. The molecule has 1 aliphatic rings. The van der Waals surface area contributed by atoms with Gasteiger partial charge in [-0.15, -0.1) is 0 Å². The fourth-order valence-corrected chi connectivity index (χ4v) is 4.91. The van der Waals surface area contributed by atoms with Crippen LogP contribution in [0.4, 0.5) is 0 Å². The fourth-order valence-electron chi connectivity index (χ4n) is 3.04. The Kier molecular flexibility index (Phi) is 3.70. The van der Waals surface area contributed by atoms with Crippen LogP contribution in [-0.4, -0.2) is 43.1 Å².